The van der Waals surface area contributed by atoms with Crippen molar-refractivity contribution in [3.8, 4) is 0 Å². The van der Waals surface area contributed by atoms with Crippen molar-refractivity contribution in [2.45, 2.75) is 38.3 Å². The van der Waals surface area contributed by atoms with E-state index in [0.717, 1.165) is 19.5 Å². The molecule has 1 aliphatic heterocycles. The highest BCUT2D eigenvalue weighted by atomic mass is 19.1. The molecule has 0 spiro atoms. The molecule has 1 amide bonds. The van der Waals surface area contributed by atoms with Crippen molar-refractivity contribution in [3.05, 3.63) is 66.0 Å². The van der Waals surface area contributed by atoms with Gasteiger partial charge in [0.25, 0.3) is 0 Å². The number of amides is 1. The largest absolute Gasteiger partial charge is 0.390 e. The predicted molar refractivity (Wildman–Crippen MR) is 105 cm³/mol. The molecule has 0 unspecified atom stereocenters. The summed E-state index contributed by atoms with van der Waals surface area (Å²) in [6, 6.07) is 16.1. The standard InChI is InChI=1S/C22H27FN2O2/c1-2-22(27)25(19-11-7-6-10-18(19)23)20-13-15-24(16-21(20)26)14-12-17-8-4-3-5-9-17/h3-11,20-21,26H,2,12-16H2,1H3/t20-,21+/m1/s1. The van der Waals surface area contributed by atoms with Crippen molar-refractivity contribution in [1.82, 2.24) is 4.90 Å². The van der Waals surface area contributed by atoms with E-state index in [4.69, 9.17) is 0 Å². The van der Waals surface area contributed by atoms with Crippen molar-refractivity contribution in [1.29, 1.82) is 0 Å². The summed E-state index contributed by atoms with van der Waals surface area (Å²) in [6.07, 6.45) is 1.11. The summed E-state index contributed by atoms with van der Waals surface area (Å²) in [5, 5.41) is 10.7. The lowest BCUT2D eigenvalue weighted by molar-refractivity contribution is -0.119. The number of rotatable bonds is 6. The van der Waals surface area contributed by atoms with Gasteiger partial charge >= 0.3 is 0 Å². The number of piperidine rings is 1. The Bertz CT molecular complexity index is 753. The van der Waals surface area contributed by atoms with Gasteiger partial charge in [-0.3, -0.25) is 4.79 Å². The molecule has 2 atom stereocenters. The van der Waals surface area contributed by atoms with Crippen LogP contribution in [0.2, 0.25) is 0 Å². The molecule has 3 rings (SSSR count). The van der Waals surface area contributed by atoms with Gasteiger partial charge in [0, 0.05) is 26.1 Å². The Morgan fingerprint density at radius 3 is 2.56 bits per heavy atom. The zero-order valence-electron chi connectivity index (χ0n) is 15.7. The molecule has 4 nitrogen and oxygen atoms in total. The van der Waals surface area contributed by atoms with Crippen LogP contribution in [0.4, 0.5) is 10.1 Å². The van der Waals surface area contributed by atoms with Crippen LogP contribution in [0.1, 0.15) is 25.3 Å². The van der Waals surface area contributed by atoms with Crippen molar-refractivity contribution < 1.29 is 14.3 Å². The number of carbonyl (C=O) groups excluding carboxylic acids is 1. The summed E-state index contributed by atoms with van der Waals surface area (Å²) in [5.41, 5.74) is 1.52. The predicted octanol–water partition coefficient (Wildman–Crippen LogP) is 3.25. The molecule has 0 aromatic heterocycles. The van der Waals surface area contributed by atoms with E-state index in [2.05, 4.69) is 17.0 Å². The molecular formula is C22H27FN2O2. The minimum atomic E-state index is -0.704. The third kappa shape index (κ3) is 4.73. The lowest BCUT2D eigenvalue weighted by Gasteiger charge is -2.41. The second-order valence-electron chi connectivity index (χ2n) is 7.03. The van der Waals surface area contributed by atoms with E-state index in [1.165, 1.54) is 16.5 Å². The summed E-state index contributed by atoms with van der Waals surface area (Å²) >= 11 is 0. The van der Waals surface area contributed by atoms with E-state index < -0.39 is 18.0 Å². The number of anilines is 1. The van der Waals surface area contributed by atoms with Gasteiger partial charge in [-0.1, -0.05) is 49.4 Å². The number of hydrogen-bond donors (Lipinski definition) is 1. The molecule has 0 bridgehead atoms. The van der Waals surface area contributed by atoms with E-state index in [-0.39, 0.29) is 18.0 Å². The molecule has 2 aromatic rings. The number of aliphatic hydroxyl groups excluding tert-OH is 1. The van der Waals surface area contributed by atoms with Gasteiger partial charge in [0.15, 0.2) is 0 Å². The highest BCUT2D eigenvalue weighted by Gasteiger charge is 2.35. The molecule has 2 aromatic carbocycles. The quantitative estimate of drug-likeness (QED) is 0.849. The van der Waals surface area contributed by atoms with Crippen LogP contribution in [0.3, 0.4) is 0 Å². The lowest BCUT2D eigenvalue weighted by Crippen LogP contribution is -2.56. The summed E-state index contributed by atoms with van der Waals surface area (Å²) < 4.78 is 14.3. The van der Waals surface area contributed by atoms with Crippen molar-refractivity contribution >= 4 is 11.6 Å². The number of β-amino-alcohol motifs (C(OH)–C–C–N with tert-alkyl or cyclic N) is 1. The van der Waals surface area contributed by atoms with E-state index in [9.17, 15) is 14.3 Å². The second-order valence-corrected chi connectivity index (χ2v) is 7.03. The molecule has 1 saturated heterocycles. The van der Waals surface area contributed by atoms with Crippen LogP contribution in [0, 0.1) is 5.82 Å². The van der Waals surface area contributed by atoms with E-state index in [1.807, 2.05) is 18.2 Å². The van der Waals surface area contributed by atoms with Gasteiger partial charge in [-0.05, 0) is 30.5 Å². The Morgan fingerprint density at radius 1 is 1.19 bits per heavy atom. The summed E-state index contributed by atoms with van der Waals surface area (Å²) in [6.45, 7) is 3.88. The van der Waals surface area contributed by atoms with Gasteiger partial charge in [-0.15, -0.1) is 0 Å². The molecule has 1 fully saturated rings. The third-order valence-electron chi connectivity index (χ3n) is 5.20. The smallest absolute Gasteiger partial charge is 0.227 e. The van der Waals surface area contributed by atoms with Gasteiger partial charge in [0.2, 0.25) is 5.91 Å². The molecule has 5 heteroatoms. The number of benzene rings is 2. The van der Waals surface area contributed by atoms with Gasteiger partial charge in [-0.25, -0.2) is 4.39 Å². The molecule has 0 aliphatic carbocycles. The van der Waals surface area contributed by atoms with Crippen LogP contribution in [0.25, 0.3) is 0 Å². The molecule has 1 aliphatic rings. The minimum Gasteiger partial charge on any atom is -0.390 e. The van der Waals surface area contributed by atoms with Crippen LogP contribution in [0.15, 0.2) is 54.6 Å². The van der Waals surface area contributed by atoms with Gasteiger partial charge < -0.3 is 14.9 Å². The SMILES string of the molecule is CCC(=O)N(c1ccccc1F)[C@@H]1CCN(CCc2ccccc2)C[C@@H]1O. The second kappa shape index (κ2) is 9.11. The summed E-state index contributed by atoms with van der Waals surface area (Å²) in [4.78, 5) is 16.2. The van der Waals surface area contributed by atoms with E-state index in [1.54, 1.807) is 25.1 Å². The number of carbonyl (C=O) groups is 1. The Labute approximate surface area is 160 Å². The normalized spacial score (nSPS) is 20.4. The third-order valence-corrected chi connectivity index (χ3v) is 5.20. The topological polar surface area (TPSA) is 43.8 Å². The zero-order chi connectivity index (χ0) is 19.2. The fourth-order valence-corrected chi connectivity index (χ4v) is 3.74. The lowest BCUT2D eigenvalue weighted by atomic mass is 9.98. The fraction of sp³-hybridized carbons (Fsp3) is 0.409. The Balaban J connectivity index is 1.68. The first-order valence-corrected chi connectivity index (χ1v) is 9.61. The monoisotopic (exact) mass is 370 g/mol. The van der Waals surface area contributed by atoms with Crippen LogP contribution >= 0.6 is 0 Å². The zero-order valence-corrected chi connectivity index (χ0v) is 15.7. The highest BCUT2D eigenvalue weighted by Crippen LogP contribution is 2.27. The molecule has 0 saturated carbocycles. The number of para-hydroxylation sites is 1. The molecule has 0 radical (unpaired) electrons. The first-order valence-electron chi connectivity index (χ1n) is 9.61. The maximum absolute atomic E-state index is 14.3. The van der Waals surface area contributed by atoms with E-state index in [0.29, 0.717) is 13.0 Å². The average molecular weight is 370 g/mol. The Morgan fingerprint density at radius 2 is 1.89 bits per heavy atom. The van der Waals surface area contributed by atoms with Crippen LogP contribution in [-0.2, 0) is 11.2 Å². The first-order chi connectivity index (χ1) is 13.1. The molecule has 1 N–H and O–H groups in total. The number of halogens is 1. The number of hydrogen-bond acceptors (Lipinski definition) is 3. The van der Waals surface area contributed by atoms with Crippen LogP contribution < -0.4 is 4.90 Å². The summed E-state index contributed by atoms with van der Waals surface area (Å²) in [5.74, 6) is -0.597. The maximum Gasteiger partial charge on any atom is 0.227 e. The van der Waals surface area contributed by atoms with E-state index >= 15 is 0 Å². The highest BCUT2D eigenvalue weighted by molar-refractivity contribution is 5.94. The van der Waals surface area contributed by atoms with Gasteiger partial charge in [-0.2, -0.15) is 0 Å². The number of aliphatic hydroxyl groups is 1. The summed E-state index contributed by atoms with van der Waals surface area (Å²) in [7, 11) is 0. The average Bonchev–Trinajstić information content (AvgIpc) is 2.70. The molecular weight excluding hydrogens is 343 g/mol. The number of nitrogens with zero attached hydrogens (tertiary/aromatic N) is 2. The fourth-order valence-electron chi connectivity index (χ4n) is 3.74. The van der Waals surface area contributed by atoms with Crippen molar-refractivity contribution in [2.24, 2.45) is 0 Å². The Hall–Kier alpha value is -2.24. The van der Waals surface area contributed by atoms with Gasteiger partial charge in [0.05, 0.1) is 17.8 Å². The molecule has 1 heterocycles. The maximum atomic E-state index is 14.3. The number of likely N-dealkylation sites (tertiary alicyclic amines) is 1. The van der Waals surface area contributed by atoms with Crippen molar-refractivity contribution in [2.75, 3.05) is 24.5 Å². The van der Waals surface area contributed by atoms with Crippen molar-refractivity contribution in [3.63, 3.8) is 0 Å². The molecule has 144 valence electrons. The van der Waals surface area contributed by atoms with Crippen LogP contribution in [0.5, 0.6) is 0 Å². The minimum absolute atomic E-state index is 0.165. The molecule has 27 heavy (non-hydrogen) atoms. The van der Waals surface area contributed by atoms with Crippen LogP contribution in [-0.4, -0.2) is 47.7 Å². The first kappa shape index (κ1) is 19.5. The van der Waals surface area contributed by atoms with Gasteiger partial charge in [0.1, 0.15) is 5.82 Å². The Kier molecular flexibility index (Phi) is 6.58.